The predicted octanol–water partition coefficient (Wildman–Crippen LogP) is 2.93. The molecule has 10 nitrogen and oxygen atoms in total. The Morgan fingerprint density at radius 3 is 2.33 bits per heavy atom. The molecule has 33 heavy (non-hydrogen) atoms. The van der Waals surface area contributed by atoms with Gasteiger partial charge >= 0.3 is 5.69 Å². The van der Waals surface area contributed by atoms with E-state index in [-0.39, 0.29) is 23.3 Å². The lowest BCUT2D eigenvalue weighted by atomic mass is 10.1. The van der Waals surface area contributed by atoms with Crippen LogP contribution in [0.25, 0.3) is 21.8 Å². The van der Waals surface area contributed by atoms with Gasteiger partial charge < -0.3 is 14.4 Å². The maximum absolute atomic E-state index is 12.8. The van der Waals surface area contributed by atoms with Crippen LogP contribution in [-0.4, -0.2) is 33.8 Å². The molecule has 0 atom stereocenters. The van der Waals surface area contributed by atoms with Crippen molar-refractivity contribution in [2.45, 2.75) is 6.54 Å². The summed E-state index contributed by atoms with van der Waals surface area (Å²) in [6.07, 6.45) is 1.20. The molecule has 0 fully saturated rings. The molecule has 1 aromatic heterocycles. The van der Waals surface area contributed by atoms with Crippen LogP contribution in [0, 0.1) is 10.1 Å². The van der Waals surface area contributed by atoms with E-state index in [1.165, 1.54) is 19.4 Å². The van der Waals surface area contributed by atoms with Gasteiger partial charge in [0.2, 0.25) is 5.75 Å². The number of nitro groups is 1. The van der Waals surface area contributed by atoms with E-state index in [1.54, 1.807) is 53.1 Å². The fourth-order valence-corrected chi connectivity index (χ4v) is 3.59. The zero-order valence-electron chi connectivity index (χ0n) is 17.4. The van der Waals surface area contributed by atoms with Gasteiger partial charge in [-0.2, -0.15) is 5.10 Å². The van der Waals surface area contributed by atoms with Gasteiger partial charge in [-0.1, -0.05) is 24.3 Å². The van der Waals surface area contributed by atoms with Crippen LogP contribution >= 0.6 is 0 Å². The quantitative estimate of drug-likeness (QED) is 0.202. The van der Waals surface area contributed by atoms with Gasteiger partial charge in [0.1, 0.15) is 6.54 Å². The summed E-state index contributed by atoms with van der Waals surface area (Å²) in [5, 5.41) is 25.8. The molecule has 4 rings (SSSR count). The molecule has 2 N–H and O–H groups in total. The number of phenols is 1. The van der Waals surface area contributed by atoms with Crippen LogP contribution in [0.2, 0.25) is 0 Å². The number of aromatic hydroxyl groups is 1. The van der Waals surface area contributed by atoms with Gasteiger partial charge in [-0.15, -0.1) is 0 Å². The number of carbonyl (C=O) groups is 1. The van der Waals surface area contributed by atoms with E-state index in [0.717, 1.165) is 6.07 Å². The van der Waals surface area contributed by atoms with E-state index in [4.69, 9.17) is 4.74 Å². The summed E-state index contributed by atoms with van der Waals surface area (Å²) in [5.74, 6) is -1.16. The van der Waals surface area contributed by atoms with Crippen molar-refractivity contribution in [1.29, 1.82) is 0 Å². The number of phenolic OH excluding ortho intramolecular Hbond substituents is 1. The third kappa shape index (κ3) is 4.09. The minimum atomic E-state index is -0.750. The number of para-hydroxylation sites is 2. The predicted molar refractivity (Wildman–Crippen MR) is 123 cm³/mol. The normalized spacial score (nSPS) is 11.2. The SMILES string of the molecule is COc1cc(/C=N\NC(=O)Cn2c3ccccc3c(=O)c3ccccc32)cc([N+](=O)[O-])c1O. The zero-order chi connectivity index (χ0) is 23.5. The number of rotatable bonds is 6. The molecule has 166 valence electrons. The fourth-order valence-electron chi connectivity index (χ4n) is 3.59. The molecule has 1 amide bonds. The third-order valence-electron chi connectivity index (χ3n) is 5.08. The monoisotopic (exact) mass is 446 g/mol. The lowest BCUT2D eigenvalue weighted by molar-refractivity contribution is -0.386. The van der Waals surface area contributed by atoms with Crippen LogP contribution in [0.15, 0.2) is 70.6 Å². The molecule has 3 aromatic carbocycles. The van der Waals surface area contributed by atoms with Crippen molar-refractivity contribution in [2.24, 2.45) is 5.10 Å². The van der Waals surface area contributed by atoms with Crippen LogP contribution in [0.5, 0.6) is 11.5 Å². The van der Waals surface area contributed by atoms with Crippen LogP contribution in [0.1, 0.15) is 5.56 Å². The van der Waals surface area contributed by atoms with Crippen molar-refractivity contribution in [3.63, 3.8) is 0 Å². The standard InChI is InChI=1S/C23H18N4O6/c1-33-20-11-14(10-19(23(20)30)27(31)32)12-24-25-21(28)13-26-17-8-4-2-6-15(17)22(29)16-7-3-5-9-18(16)26/h2-12,30H,13H2,1H3,(H,25,28)/b24-12-. The van der Waals surface area contributed by atoms with Gasteiger partial charge in [0.05, 0.1) is 29.3 Å². The second-order valence-corrected chi connectivity index (χ2v) is 7.09. The van der Waals surface area contributed by atoms with Crippen molar-refractivity contribution < 1.29 is 19.6 Å². The van der Waals surface area contributed by atoms with E-state index in [2.05, 4.69) is 10.5 Å². The average molecular weight is 446 g/mol. The van der Waals surface area contributed by atoms with Crippen molar-refractivity contribution in [1.82, 2.24) is 9.99 Å². The molecule has 1 heterocycles. The summed E-state index contributed by atoms with van der Waals surface area (Å²) < 4.78 is 6.67. The first-order valence-corrected chi connectivity index (χ1v) is 9.78. The van der Waals surface area contributed by atoms with Gasteiger partial charge in [0, 0.05) is 22.4 Å². The van der Waals surface area contributed by atoms with Gasteiger partial charge in [-0.25, -0.2) is 5.43 Å². The minimum Gasteiger partial charge on any atom is -0.500 e. The van der Waals surface area contributed by atoms with Gasteiger partial charge in [0.25, 0.3) is 5.91 Å². The maximum Gasteiger partial charge on any atom is 0.315 e. The molecule has 0 aliphatic heterocycles. The van der Waals surface area contributed by atoms with E-state index >= 15 is 0 Å². The number of hydrogen-bond donors (Lipinski definition) is 2. The Morgan fingerprint density at radius 1 is 1.15 bits per heavy atom. The van der Waals surface area contributed by atoms with Crippen LogP contribution < -0.4 is 15.6 Å². The molecule has 0 spiro atoms. The maximum atomic E-state index is 12.8. The number of pyridine rings is 1. The Balaban J connectivity index is 1.62. The number of nitrogens with one attached hydrogen (secondary N) is 1. The second kappa shape index (κ2) is 8.79. The Morgan fingerprint density at radius 2 is 1.76 bits per heavy atom. The molecule has 0 unspecified atom stereocenters. The third-order valence-corrected chi connectivity index (χ3v) is 5.08. The van der Waals surface area contributed by atoms with Crippen molar-refractivity contribution in [3.8, 4) is 11.5 Å². The van der Waals surface area contributed by atoms with E-state index in [9.17, 15) is 24.8 Å². The highest BCUT2D eigenvalue weighted by molar-refractivity contribution is 5.95. The van der Waals surface area contributed by atoms with Crippen LogP contribution in [0.3, 0.4) is 0 Å². The number of amides is 1. The number of fused-ring (bicyclic) bond motifs is 2. The smallest absolute Gasteiger partial charge is 0.315 e. The number of carbonyl (C=O) groups excluding carboxylic acids is 1. The van der Waals surface area contributed by atoms with E-state index < -0.39 is 22.3 Å². The van der Waals surface area contributed by atoms with Crippen molar-refractivity contribution in [2.75, 3.05) is 7.11 Å². The van der Waals surface area contributed by atoms with Crippen molar-refractivity contribution >= 4 is 39.6 Å². The van der Waals surface area contributed by atoms with Crippen LogP contribution in [-0.2, 0) is 11.3 Å². The molecular formula is C23H18N4O6. The fraction of sp³-hybridized carbons (Fsp3) is 0.0870. The Bertz CT molecular complexity index is 1430. The Hall–Kier alpha value is -4.73. The minimum absolute atomic E-state index is 0.0943. The lowest BCUT2D eigenvalue weighted by Gasteiger charge is -2.14. The van der Waals surface area contributed by atoms with E-state index in [0.29, 0.717) is 21.8 Å². The number of hydrogen-bond acceptors (Lipinski definition) is 7. The number of benzene rings is 3. The van der Waals surface area contributed by atoms with Gasteiger partial charge in [-0.05, 0) is 30.3 Å². The molecule has 0 saturated heterocycles. The summed E-state index contributed by atoms with van der Waals surface area (Å²) in [6, 6.07) is 16.5. The summed E-state index contributed by atoms with van der Waals surface area (Å²) >= 11 is 0. The second-order valence-electron chi connectivity index (χ2n) is 7.09. The lowest BCUT2D eigenvalue weighted by Crippen LogP contribution is -2.25. The number of nitro benzene ring substituents is 1. The zero-order valence-corrected chi connectivity index (χ0v) is 17.4. The number of methoxy groups -OCH3 is 1. The largest absolute Gasteiger partial charge is 0.500 e. The molecule has 0 radical (unpaired) electrons. The van der Waals surface area contributed by atoms with Gasteiger partial charge in [0.15, 0.2) is 11.2 Å². The highest BCUT2D eigenvalue weighted by Gasteiger charge is 2.19. The summed E-state index contributed by atoms with van der Waals surface area (Å²) in [4.78, 5) is 35.8. The molecular weight excluding hydrogens is 428 g/mol. The highest BCUT2D eigenvalue weighted by Crippen LogP contribution is 2.36. The van der Waals surface area contributed by atoms with Crippen molar-refractivity contribution in [3.05, 3.63) is 86.6 Å². The summed E-state index contributed by atoms with van der Waals surface area (Å²) in [7, 11) is 1.26. The molecule has 10 heteroatoms. The topological polar surface area (TPSA) is 136 Å². The van der Waals surface area contributed by atoms with E-state index in [1.807, 2.05) is 0 Å². The first-order chi connectivity index (χ1) is 15.9. The highest BCUT2D eigenvalue weighted by atomic mass is 16.6. The number of aromatic nitrogens is 1. The average Bonchev–Trinajstić information content (AvgIpc) is 2.82. The molecule has 0 aliphatic carbocycles. The summed E-state index contributed by atoms with van der Waals surface area (Å²) in [6.45, 7) is -0.113. The number of nitrogens with zero attached hydrogens (tertiary/aromatic N) is 3. The number of ether oxygens (including phenoxy) is 1. The molecule has 0 aliphatic rings. The van der Waals surface area contributed by atoms with Crippen LogP contribution in [0.4, 0.5) is 5.69 Å². The molecule has 4 aromatic rings. The molecule has 0 bridgehead atoms. The summed E-state index contributed by atoms with van der Waals surface area (Å²) in [5.41, 5.74) is 3.19. The Kier molecular flexibility index (Phi) is 5.73. The first-order valence-electron chi connectivity index (χ1n) is 9.78. The number of hydrazone groups is 1. The molecule has 0 saturated carbocycles. The Labute approximate surface area is 186 Å². The van der Waals surface area contributed by atoms with Gasteiger partial charge in [-0.3, -0.25) is 19.7 Å². The first kappa shape index (κ1) is 21.5.